The second kappa shape index (κ2) is 9.21. The number of nitrogens with one attached hydrogen (secondary N) is 1. The van der Waals surface area contributed by atoms with E-state index in [0.717, 1.165) is 43.7 Å². The number of anilines is 1. The Morgan fingerprint density at radius 1 is 1.26 bits per heavy atom. The van der Waals surface area contributed by atoms with Crippen LogP contribution in [-0.2, 0) is 16.1 Å². The number of likely N-dealkylation sites (tertiary alicyclic amines) is 1. The van der Waals surface area contributed by atoms with Crippen molar-refractivity contribution in [3.8, 4) is 0 Å². The van der Waals surface area contributed by atoms with Crippen molar-refractivity contribution in [1.82, 2.24) is 19.6 Å². The fourth-order valence-electron chi connectivity index (χ4n) is 3.72. The molecule has 0 radical (unpaired) electrons. The molecular weight excluding hydrogens is 346 g/mol. The molecule has 0 saturated carbocycles. The monoisotopic (exact) mass is 377 g/mol. The number of aryl methyl sites for hydroxylation is 2. The van der Waals surface area contributed by atoms with Crippen LogP contribution in [0.4, 0.5) is 10.6 Å². The minimum absolute atomic E-state index is 0.116. The van der Waals surface area contributed by atoms with Crippen LogP contribution in [-0.4, -0.2) is 70.9 Å². The molecule has 2 fully saturated rings. The number of amides is 3. The molecule has 2 saturated heterocycles. The Balaban J connectivity index is 1.59. The van der Waals surface area contributed by atoms with Gasteiger partial charge in [0.05, 0.1) is 24.8 Å². The zero-order chi connectivity index (χ0) is 19.2. The van der Waals surface area contributed by atoms with Gasteiger partial charge < -0.3 is 14.5 Å². The Kier molecular flexibility index (Phi) is 6.71. The molecule has 1 unspecified atom stereocenters. The number of ether oxygens (including phenoxy) is 1. The summed E-state index contributed by atoms with van der Waals surface area (Å²) in [6, 6.07) is 1.75. The Morgan fingerprint density at radius 2 is 2.04 bits per heavy atom. The largest absolute Gasteiger partial charge is 0.378 e. The summed E-state index contributed by atoms with van der Waals surface area (Å²) in [5.74, 6) is 0.765. The van der Waals surface area contributed by atoms with Gasteiger partial charge in [-0.05, 0) is 26.2 Å². The van der Waals surface area contributed by atoms with E-state index >= 15 is 0 Å². The van der Waals surface area contributed by atoms with Crippen molar-refractivity contribution < 1.29 is 14.3 Å². The van der Waals surface area contributed by atoms with Crippen LogP contribution in [0.5, 0.6) is 0 Å². The zero-order valence-electron chi connectivity index (χ0n) is 16.4. The third-order valence-electron chi connectivity index (χ3n) is 5.24. The fourth-order valence-corrected chi connectivity index (χ4v) is 3.72. The molecule has 2 aliphatic rings. The summed E-state index contributed by atoms with van der Waals surface area (Å²) in [5, 5.41) is 7.45. The number of morpholine rings is 1. The summed E-state index contributed by atoms with van der Waals surface area (Å²) in [7, 11) is 0. The number of unbranched alkanes of at least 4 members (excludes halogenated alkanes) is 1. The maximum atomic E-state index is 12.8. The second-order valence-electron chi connectivity index (χ2n) is 7.40. The Hall–Kier alpha value is -2.09. The third kappa shape index (κ3) is 5.00. The highest BCUT2D eigenvalue weighted by atomic mass is 16.5. The first-order valence-corrected chi connectivity index (χ1v) is 10.1. The van der Waals surface area contributed by atoms with Gasteiger partial charge in [-0.1, -0.05) is 13.3 Å². The van der Waals surface area contributed by atoms with Crippen molar-refractivity contribution in [2.24, 2.45) is 5.92 Å². The maximum absolute atomic E-state index is 12.8. The topological polar surface area (TPSA) is 79.7 Å². The molecule has 8 heteroatoms. The average Bonchev–Trinajstić information content (AvgIpc) is 3.05. The number of carbonyl (C=O) groups is 2. The molecule has 0 aromatic carbocycles. The average molecular weight is 377 g/mol. The molecule has 150 valence electrons. The van der Waals surface area contributed by atoms with Crippen LogP contribution in [0.2, 0.25) is 0 Å². The number of piperidine rings is 1. The van der Waals surface area contributed by atoms with Crippen LogP contribution < -0.4 is 5.32 Å². The van der Waals surface area contributed by atoms with Crippen LogP contribution in [0, 0.1) is 12.8 Å². The molecule has 2 aliphatic heterocycles. The van der Waals surface area contributed by atoms with Crippen LogP contribution in [0.25, 0.3) is 0 Å². The van der Waals surface area contributed by atoms with Gasteiger partial charge in [-0.3, -0.25) is 10.1 Å². The van der Waals surface area contributed by atoms with E-state index in [0.29, 0.717) is 39.4 Å². The molecule has 0 spiro atoms. The van der Waals surface area contributed by atoms with Gasteiger partial charge in [-0.15, -0.1) is 0 Å². The number of rotatable bonds is 5. The first-order valence-electron chi connectivity index (χ1n) is 10.1. The first kappa shape index (κ1) is 19.7. The summed E-state index contributed by atoms with van der Waals surface area (Å²) >= 11 is 0. The minimum Gasteiger partial charge on any atom is -0.378 e. The van der Waals surface area contributed by atoms with E-state index < -0.39 is 0 Å². The standard InChI is InChI=1S/C19H31N5O3/c1-3-4-8-24-17(13-15(2)21-24)20-19(26)23-7-5-6-16(14-23)18(25)22-9-11-27-12-10-22/h13,16H,3-12,14H2,1-2H3,(H,20,26). The minimum atomic E-state index is -0.146. The number of carbonyl (C=O) groups excluding carboxylic acids is 2. The van der Waals surface area contributed by atoms with E-state index in [9.17, 15) is 9.59 Å². The van der Waals surface area contributed by atoms with Gasteiger partial charge in [0.1, 0.15) is 5.82 Å². The SMILES string of the molecule is CCCCn1nc(C)cc1NC(=O)N1CCCC(C(=O)N2CCOCC2)C1. The van der Waals surface area contributed by atoms with Gasteiger partial charge in [-0.2, -0.15) is 5.10 Å². The molecule has 27 heavy (non-hydrogen) atoms. The van der Waals surface area contributed by atoms with Crippen LogP contribution in [0.3, 0.4) is 0 Å². The third-order valence-corrected chi connectivity index (χ3v) is 5.24. The van der Waals surface area contributed by atoms with E-state index in [1.807, 2.05) is 22.6 Å². The quantitative estimate of drug-likeness (QED) is 0.852. The van der Waals surface area contributed by atoms with Gasteiger partial charge in [0.2, 0.25) is 5.91 Å². The summed E-state index contributed by atoms with van der Waals surface area (Å²) < 4.78 is 7.19. The summed E-state index contributed by atoms with van der Waals surface area (Å²) in [5.41, 5.74) is 0.889. The zero-order valence-corrected chi connectivity index (χ0v) is 16.4. The number of hydrogen-bond acceptors (Lipinski definition) is 4. The van der Waals surface area contributed by atoms with Gasteiger partial charge in [0.15, 0.2) is 0 Å². The first-order chi connectivity index (χ1) is 13.1. The lowest BCUT2D eigenvalue weighted by Gasteiger charge is -2.36. The van der Waals surface area contributed by atoms with Gasteiger partial charge in [0, 0.05) is 38.8 Å². The lowest BCUT2D eigenvalue weighted by atomic mass is 9.96. The Bertz CT molecular complexity index is 654. The van der Waals surface area contributed by atoms with E-state index in [2.05, 4.69) is 17.3 Å². The molecule has 0 aliphatic carbocycles. The normalized spacial score (nSPS) is 20.6. The molecule has 3 rings (SSSR count). The fraction of sp³-hybridized carbons (Fsp3) is 0.737. The maximum Gasteiger partial charge on any atom is 0.323 e. The highest BCUT2D eigenvalue weighted by Gasteiger charge is 2.32. The molecule has 1 aromatic heterocycles. The highest BCUT2D eigenvalue weighted by Crippen LogP contribution is 2.21. The van der Waals surface area contributed by atoms with Crippen molar-refractivity contribution >= 4 is 17.8 Å². The molecule has 3 amide bonds. The lowest BCUT2D eigenvalue weighted by molar-refractivity contribution is -0.141. The number of nitrogens with zero attached hydrogens (tertiary/aromatic N) is 4. The van der Waals surface area contributed by atoms with Gasteiger partial charge >= 0.3 is 6.03 Å². The van der Waals surface area contributed by atoms with Crippen molar-refractivity contribution in [2.45, 2.75) is 46.1 Å². The van der Waals surface area contributed by atoms with E-state index in [4.69, 9.17) is 4.74 Å². The Morgan fingerprint density at radius 3 is 2.78 bits per heavy atom. The number of aromatic nitrogens is 2. The molecule has 1 aromatic rings. The van der Waals surface area contributed by atoms with E-state index in [1.54, 1.807) is 4.90 Å². The van der Waals surface area contributed by atoms with Gasteiger partial charge in [-0.25, -0.2) is 9.48 Å². The predicted octanol–water partition coefficient (Wildman–Crippen LogP) is 2.09. The van der Waals surface area contributed by atoms with E-state index in [-0.39, 0.29) is 17.9 Å². The Labute approximate surface area is 160 Å². The van der Waals surface area contributed by atoms with Crippen molar-refractivity contribution in [2.75, 3.05) is 44.7 Å². The molecule has 0 bridgehead atoms. The van der Waals surface area contributed by atoms with Crippen molar-refractivity contribution in [3.63, 3.8) is 0 Å². The summed E-state index contributed by atoms with van der Waals surface area (Å²) in [6.07, 6.45) is 3.78. The molecule has 3 heterocycles. The second-order valence-corrected chi connectivity index (χ2v) is 7.40. The van der Waals surface area contributed by atoms with Crippen LogP contribution in [0.1, 0.15) is 38.3 Å². The van der Waals surface area contributed by atoms with Crippen LogP contribution in [0.15, 0.2) is 6.07 Å². The predicted molar refractivity (Wildman–Crippen MR) is 103 cm³/mol. The summed E-state index contributed by atoms with van der Waals surface area (Å²) in [4.78, 5) is 29.2. The molecule has 1 atom stereocenters. The molecule has 1 N–H and O–H groups in total. The number of urea groups is 1. The number of hydrogen-bond donors (Lipinski definition) is 1. The lowest BCUT2D eigenvalue weighted by Crippen LogP contribution is -2.50. The van der Waals surface area contributed by atoms with Crippen LogP contribution >= 0.6 is 0 Å². The highest BCUT2D eigenvalue weighted by molar-refractivity contribution is 5.89. The van der Waals surface area contributed by atoms with Crippen molar-refractivity contribution in [3.05, 3.63) is 11.8 Å². The van der Waals surface area contributed by atoms with Gasteiger partial charge in [0.25, 0.3) is 0 Å². The molecular formula is C19H31N5O3. The summed E-state index contributed by atoms with van der Waals surface area (Å²) in [6.45, 7) is 8.51. The van der Waals surface area contributed by atoms with Crippen molar-refractivity contribution in [1.29, 1.82) is 0 Å². The smallest absolute Gasteiger partial charge is 0.323 e. The van der Waals surface area contributed by atoms with E-state index in [1.165, 1.54) is 0 Å². The molecule has 8 nitrogen and oxygen atoms in total.